The fraction of sp³-hybridized carbons (Fsp3) is 0.0392. The van der Waals surface area contributed by atoms with E-state index in [-0.39, 0.29) is 0 Å². The van der Waals surface area contributed by atoms with Gasteiger partial charge < -0.3 is 9.13 Å². The Kier molecular flexibility index (Phi) is 7.94. The van der Waals surface area contributed by atoms with Crippen molar-refractivity contribution < 1.29 is 0 Å². The first-order valence-corrected chi connectivity index (χ1v) is 18.9. The smallest absolute Gasteiger partial charge is 0.187 e. The quantitative estimate of drug-likeness (QED) is 0.164. The zero-order valence-corrected chi connectivity index (χ0v) is 31.6. The normalized spacial score (nSPS) is 11.2. The fourth-order valence-corrected chi connectivity index (χ4v) is 8.35. The Morgan fingerprint density at radius 1 is 0.483 bits per heavy atom. The van der Waals surface area contributed by atoms with Crippen molar-refractivity contribution in [2.45, 2.75) is 13.8 Å². The van der Waals surface area contributed by atoms with Gasteiger partial charge in [-0.3, -0.25) is 0 Å². The van der Waals surface area contributed by atoms with E-state index >= 15 is 0 Å². The van der Waals surface area contributed by atoms with Crippen LogP contribution >= 0.6 is 0 Å². The molecule has 0 fully saturated rings. The number of aromatic nitrogens is 4. The minimum atomic E-state index is 0.494. The number of aryl methyl sites for hydroxylation is 2. The molecule has 0 atom stereocenters. The van der Waals surface area contributed by atoms with Gasteiger partial charge in [-0.05, 0) is 90.7 Å². The molecule has 0 saturated carbocycles. The van der Waals surface area contributed by atoms with E-state index in [1.54, 1.807) is 0 Å². The SMILES string of the molecule is [C-]#[N+]c1ccc(-c2ccc3c4ccccc4n(-c4cc(-c5nc(C)cc(C)n5)cc(-n5c6ccccc6c6ccc(-c7ccc(C#N)cc7)cc65)c4C#N)c3c2)cc1. The number of nitrogens with zero attached hydrogens (tertiary/aromatic N) is 7. The maximum absolute atomic E-state index is 11.4. The molecule has 0 saturated heterocycles. The van der Waals surface area contributed by atoms with Crippen LogP contribution in [0.5, 0.6) is 0 Å². The number of fused-ring (bicyclic) bond motifs is 6. The summed E-state index contributed by atoms with van der Waals surface area (Å²) in [5.41, 5.74) is 13.4. The van der Waals surface area contributed by atoms with Crippen molar-refractivity contribution in [2.24, 2.45) is 0 Å². The monoisotopic (exact) mass is 741 g/mol. The molecule has 0 aliphatic carbocycles. The minimum absolute atomic E-state index is 0.494. The summed E-state index contributed by atoms with van der Waals surface area (Å²) in [6.07, 6.45) is 0. The van der Waals surface area contributed by atoms with Gasteiger partial charge in [0, 0.05) is 38.5 Å². The zero-order valence-electron chi connectivity index (χ0n) is 31.6. The van der Waals surface area contributed by atoms with Crippen LogP contribution < -0.4 is 0 Å². The van der Waals surface area contributed by atoms with E-state index in [1.165, 1.54) is 0 Å². The Bertz CT molecular complexity index is 3220. The number of benzene rings is 7. The van der Waals surface area contributed by atoms with Gasteiger partial charge in [-0.1, -0.05) is 97.1 Å². The number of nitriles is 2. The molecular formula is C51H31N7. The third kappa shape index (κ3) is 5.48. The van der Waals surface area contributed by atoms with Gasteiger partial charge in [0.05, 0.1) is 51.6 Å². The molecule has 0 N–H and O–H groups in total. The lowest BCUT2D eigenvalue weighted by atomic mass is 10.0. The van der Waals surface area contributed by atoms with E-state index in [4.69, 9.17) is 16.5 Å². The van der Waals surface area contributed by atoms with Crippen molar-refractivity contribution in [3.8, 4) is 57.2 Å². The topological polar surface area (TPSA) is 87.6 Å². The van der Waals surface area contributed by atoms with Gasteiger partial charge in [0.25, 0.3) is 0 Å². The van der Waals surface area contributed by atoms with E-state index in [0.717, 1.165) is 82.8 Å². The van der Waals surface area contributed by atoms with Gasteiger partial charge in [0.15, 0.2) is 11.5 Å². The van der Waals surface area contributed by atoms with Crippen LogP contribution in [-0.4, -0.2) is 19.1 Å². The molecule has 0 unspecified atom stereocenters. The largest absolute Gasteiger partial charge is 0.308 e. The fourth-order valence-electron chi connectivity index (χ4n) is 8.35. The highest BCUT2D eigenvalue weighted by Gasteiger charge is 2.24. The first-order valence-electron chi connectivity index (χ1n) is 18.9. The molecule has 3 aromatic heterocycles. The maximum atomic E-state index is 11.4. The second-order valence-electron chi connectivity index (χ2n) is 14.5. The molecule has 3 heterocycles. The maximum Gasteiger partial charge on any atom is 0.187 e. The number of para-hydroxylation sites is 2. The summed E-state index contributed by atoms with van der Waals surface area (Å²) in [4.78, 5) is 13.5. The van der Waals surface area contributed by atoms with Crippen LogP contribution in [0.25, 0.3) is 93.5 Å². The van der Waals surface area contributed by atoms with Crippen LogP contribution in [-0.2, 0) is 0 Å². The van der Waals surface area contributed by atoms with Crippen LogP contribution in [0, 0.1) is 43.1 Å². The van der Waals surface area contributed by atoms with Gasteiger partial charge in [-0.15, -0.1) is 0 Å². The van der Waals surface area contributed by atoms with Gasteiger partial charge in [0.2, 0.25) is 0 Å². The standard InChI is InChI=1S/C51H31N7/c1-31-24-32(2)56-51(55-31)38-27-49(57-45-10-6-4-8-40(45)42-22-18-36(25-47(42)57)34-14-12-33(29-52)13-15-34)44(30-53)50(28-38)58-46-11-7-5-9-41(46)43-23-19-37(26-48(43)58)35-16-20-39(54-3)21-17-35/h4-28H,1-2H3. The predicted octanol–water partition coefficient (Wildman–Crippen LogP) is 12.6. The number of hydrogen-bond acceptors (Lipinski definition) is 4. The summed E-state index contributed by atoms with van der Waals surface area (Å²) in [6.45, 7) is 11.4. The number of rotatable bonds is 5. The summed E-state index contributed by atoms with van der Waals surface area (Å²) >= 11 is 0. The molecule has 0 spiro atoms. The Hall–Kier alpha value is -8.31. The van der Waals surface area contributed by atoms with Crippen molar-refractivity contribution >= 4 is 49.3 Å². The van der Waals surface area contributed by atoms with Crippen LogP contribution in [0.1, 0.15) is 22.5 Å². The number of hydrogen-bond donors (Lipinski definition) is 0. The minimum Gasteiger partial charge on any atom is -0.308 e. The van der Waals surface area contributed by atoms with E-state index in [1.807, 2.05) is 92.7 Å². The summed E-state index contributed by atoms with van der Waals surface area (Å²) in [7, 11) is 0. The van der Waals surface area contributed by atoms with Crippen molar-refractivity contribution in [2.75, 3.05) is 0 Å². The van der Waals surface area contributed by atoms with Gasteiger partial charge >= 0.3 is 0 Å². The lowest BCUT2D eigenvalue weighted by Crippen LogP contribution is -2.06. The molecule has 7 aromatic carbocycles. The molecule has 58 heavy (non-hydrogen) atoms. The van der Waals surface area contributed by atoms with E-state index in [9.17, 15) is 10.5 Å². The summed E-state index contributed by atoms with van der Waals surface area (Å²) in [5.74, 6) is 0.574. The molecule has 10 aromatic rings. The van der Waals surface area contributed by atoms with Crippen molar-refractivity contribution in [1.82, 2.24) is 19.1 Å². The Morgan fingerprint density at radius 2 is 0.948 bits per heavy atom. The molecule has 7 heteroatoms. The summed E-state index contributed by atoms with van der Waals surface area (Å²) in [5, 5.41) is 25.1. The Labute approximate surface area is 334 Å². The Balaban J connectivity index is 1.32. The molecule has 0 radical (unpaired) electrons. The second-order valence-corrected chi connectivity index (χ2v) is 14.5. The second kappa shape index (κ2) is 13.5. The molecule has 7 nitrogen and oxygen atoms in total. The highest BCUT2D eigenvalue weighted by atomic mass is 15.0. The van der Waals surface area contributed by atoms with E-state index in [2.05, 4.69) is 98.9 Å². The van der Waals surface area contributed by atoms with Crippen molar-refractivity contribution in [1.29, 1.82) is 10.5 Å². The van der Waals surface area contributed by atoms with Gasteiger partial charge in [0.1, 0.15) is 11.6 Å². The van der Waals surface area contributed by atoms with Gasteiger partial charge in [-0.25, -0.2) is 14.8 Å². The lowest BCUT2D eigenvalue weighted by Gasteiger charge is -2.18. The highest BCUT2D eigenvalue weighted by molar-refractivity contribution is 6.12. The zero-order chi connectivity index (χ0) is 39.5. The lowest BCUT2D eigenvalue weighted by molar-refractivity contribution is 1.05. The predicted molar refractivity (Wildman–Crippen MR) is 232 cm³/mol. The van der Waals surface area contributed by atoms with E-state index in [0.29, 0.717) is 34.0 Å². The third-order valence-corrected chi connectivity index (χ3v) is 11.0. The van der Waals surface area contributed by atoms with Crippen LogP contribution in [0.4, 0.5) is 5.69 Å². The van der Waals surface area contributed by atoms with E-state index < -0.39 is 0 Å². The Morgan fingerprint density at radius 3 is 1.43 bits per heavy atom. The molecule has 0 aliphatic heterocycles. The molecule has 0 bridgehead atoms. The third-order valence-electron chi connectivity index (χ3n) is 11.0. The average molecular weight is 742 g/mol. The van der Waals surface area contributed by atoms with Crippen molar-refractivity contribution in [3.63, 3.8) is 0 Å². The first kappa shape index (κ1) is 34.2. The first-order chi connectivity index (χ1) is 28.4. The average Bonchev–Trinajstić information content (AvgIpc) is 3.77. The van der Waals surface area contributed by atoms with Crippen LogP contribution in [0.15, 0.2) is 152 Å². The van der Waals surface area contributed by atoms with Crippen LogP contribution in [0.2, 0.25) is 0 Å². The molecule has 0 aliphatic rings. The molecule has 0 amide bonds. The summed E-state index contributed by atoms with van der Waals surface area (Å²) in [6, 6.07) is 55.7. The highest BCUT2D eigenvalue weighted by Crippen LogP contribution is 2.41. The molecular weight excluding hydrogens is 711 g/mol. The van der Waals surface area contributed by atoms with Crippen LogP contribution in [0.3, 0.4) is 0 Å². The van der Waals surface area contributed by atoms with Gasteiger partial charge in [-0.2, -0.15) is 10.5 Å². The summed E-state index contributed by atoms with van der Waals surface area (Å²) < 4.78 is 4.40. The molecule has 10 rings (SSSR count). The van der Waals surface area contributed by atoms with Crippen molar-refractivity contribution in [3.05, 3.63) is 186 Å². The molecule has 270 valence electrons.